The van der Waals surface area contributed by atoms with Gasteiger partial charge in [0.1, 0.15) is 5.75 Å². The number of rotatable bonds is 5. The molecule has 1 N–H and O–H groups in total. The van der Waals surface area contributed by atoms with Crippen LogP contribution in [0.15, 0.2) is 24.3 Å². The van der Waals surface area contributed by atoms with Gasteiger partial charge >= 0.3 is 0 Å². The van der Waals surface area contributed by atoms with Crippen molar-refractivity contribution in [2.24, 2.45) is 5.41 Å². The number of halogens is 1. The number of amides is 1. The Morgan fingerprint density at radius 1 is 1.12 bits per heavy atom. The number of carbonyl (C=O) groups is 2. The van der Waals surface area contributed by atoms with Crippen molar-refractivity contribution in [2.45, 2.75) is 32.1 Å². The number of likely N-dealkylation sites (tertiary alicyclic amines) is 1. The summed E-state index contributed by atoms with van der Waals surface area (Å²) in [7, 11) is 1.60. The van der Waals surface area contributed by atoms with E-state index in [1.54, 1.807) is 31.4 Å². The second kappa shape index (κ2) is 8.68. The van der Waals surface area contributed by atoms with Crippen LogP contribution in [0.1, 0.15) is 42.5 Å². The molecule has 0 bridgehead atoms. The third-order valence-electron chi connectivity index (χ3n) is 5.49. The van der Waals surface area contributed by atoms with Crippen LogP contribution in [0, 0.1) is 5.41 Å². The van der Waals surface area contributed by atoms with Crippen molar-refractivity contribution >= 4 is 24.1 Å². The lowest BCUT2D eigenvalue weighted by atomic mass is 9.78. The number of ether oxygens (including phenoxy) is 1. The molecular formula is C19H27ClN2O3. The first-order chi connectivity index (χ1) is 11.6. The number of ketones is 1. The fraction of sp³-hybridized carbons (Fsp3) is 0.579. The van der Waals surface area contributed by atoms with E-state index in [1.165, 1.54) is 6.42 Å². The van der Waals surface area contributed by atoms with E-state index in [1.807, 2.05) is 4.90 Å². The van der Waals surface area contributed by atoms with Gasteiger partial charge in [0.25, 0.3) is 0 Å². The lowest BCUT2D eigenvalue weighted by Crippen LogP contribution is -2.44. The molecule has 1 aromatic carbocycles. The third kappa shape index (κ3) is 4.73. The maximum Gasteiger partial charge on any atom is 0.223 e. The van der Waals surface area contributed by atoms with Crippen LogP contribution in [0.25, 0.3) is 0 Å². The highest BCUT2D eigenvalue weighted by atomic mass is 35.5. The number of carbonyl (C=O) groups excluding carboxylic acids is 2. The Morgan fingerprint density at radius 2 is 1.80 bits per heavy atom. The van der Waals surface area contributed by atoms with Crippen LogP contribution in [-0.4, -0.2) is 49.9 Å². The SMILES string of the molecule is COc1ccc(C(=O)CCC(=O)N2CCC3(CCNC3)CC2)cc1.Cl. The molecule has 6 heteroatoms. The van der Waals surface area contributed by atoms with Gasteiger partial charge in [0.2, 0.25) is 5.91 Å². The second-order valence-electron chi connectivity index (χ2n) is 6.96. The maximum absolute atomic E-state index is 12.4. The molecule has 2 saturated heterocycles. The molecule has 1 aromatic rings. The zero-order chi connectivity index (χ0) is 17.0. The molecule has 0 saturated carbocycles. The summed E-state index contributed by atoms with van der Waals surface area (Å²) in [5, 5.41) is 3.44. The fourth-order valence-corrected chi connectivity index (χ4v) is 3.75. The molecule has 138 valence electrons. The molecule has 0 radical (unpaired) electrons. The summed E-state index contributed by atoms with van der Waals surface area (Å²) in [5.74, 6) is 0.850. The first-order valence-electron chi connectivity index (χ1n) is 8.78. The highest BCUT2D eigenvalue weighted by molar-refractivity contribution is 5.98. The van der Waals surface area contributed by atoms with Gasteiger partial charge in [-0.15, -0.1) is 12.4 Å². The van der Waals surface area contributed by atoms with Crippen molar-refractivity contribution in [2.75, 3.05) is 33.3 Å². The Morgan fingerprint density at radius 3 is 2.36 bits per heavy atom. The lowest BCUT2D eigenvalue weighted by Gasteiger charge is -2.38. The van der Waals surface area contributed by atoms with Gasteiger partial charge in [0.05, 0.1) is 7.11 Å². The van der Waals surface area contributed by atoms with Gasteiger partial charge in [-0.1, -0.05) is 0 Å². The quantitative estimate of drug-likeness (QED) is 0.814. The summed E-state index contributed by atoms with van der Waals surface area (Å²) in [4.78, 5) is 26.5. The van der Waals surface area contributed by atoms with E-state index < -0.39 is 0 Å². The number of nitrogens with zero attached hydrogens (tertiary/aromatic N) is 1. The van der Waals surface area contributed by atoms with E-state index in [-0.39, 0.29) is 30.5 Å². The zero-order valence-corrected chi connectivity index (χ0v) is 15.6. The van der Waals surface area contributed by atoms with Crippen molar-refractivity contribution in [3.8, 4) is 5.75 Å². The first-order valence-corrected chi connectivity index (χ1v) is 8.78. The van der Waals surface area contributed by atoms with E-state index in [0.29, 0.717) is 17.4 Å². The molecule has 0 atom stereocenters. The highest BCUT2D eigenvalue weighted by Gasteiger charge is 2.37. The Labute approximate surface area is 155 Å². The predicted molar refractivity (Wildman–Crippen MR) is 99.5 cm³/mol. The molecule has 0 unspecified atom stereocenters. The number of piperidine rings is 1. The van der Waals surface area contributed by atoms with Gasteiger partial charge in [-0.3, -0.25) is 9.59 Å². The van der Waals surface area contributed by atoms with Crippen LogP contribution in [-0.2, 0) is 4.79 Å². The normalized spacial score (nSPS) is 18.7. The van der Waals surface area contributed by atoms with E-state index >= 15 is 0 Å². The van der Waals surface area contributed by atoms with Crippen LogP contribution >= 0.6 is 12.4 Å². The molecule has 1 amide bonds. The number of methoxy groups -OCH3 is 1. The maximum atomic E-state index is 12.4. The molecule has 2 aliphatic rings. The van der Waals surface area contributed by atoms with Crippen LogP contribution < -0.4 is 10.1 Å². The van der Waals surface area contributed by atoms with Gasteiger partial charge in [0, 0.05) is 38.0 Å². The minimum Gasteiger partial charge on any atom is -0.497 e. The molecule has 0 aliphatic carbocycles. The smallest absolute Gasteiger partial charge is 0.223 e. The number of nitrogens with one attached hydrogen (secondary N) is 1. The summed E-state index contributed by atoms with van der Waals surface area (Å²) >= 11 is 0. The van der Waals surface area contributed by atoms with Crippen molar-refractivity contribution < 1.29 is 14.3 Å². The van der Waals surface area contributed by atoms with Gasteiger partial charge in [-0.2, -0.15) is 0 Å². The fourth-order valence-electron chi connectivity index (χ4n) is 3.75. The molecule has 2 heterocycles. The standard InChI is InChI=1S/C19H26N2O3.ClH/c1-24-16-4-2-15(3-5-16)17(22)6-7-18(23)21-12-9-19(10-13-21)8-11-20-14-19;/h2-5,20H,6-14H2,1H3;1H. The van der Waals surface area contributed by atoms with Crippen molar-refractivity contribution in [1.29, 1.82) is 0 Å². The van der Waals surface area contributed by atoms with E-state index in [2.05, 4.69) is 5.32 Å². The highest BCUT2D eigenvalue weighted by Crippen LogP contribution is 2.37. The molecule has 0 aromatic heterocycles. The first kappa shape index (κ1) is 19.7. The van der Waals surface area contributed by atoms with Crippen LogP contribution in [0.4, 0.5) is 0 Å². The Bertz CT molecular complexity index is 587. The molecule has 2 fully saturated rings. The molecule has 3 rings (SSSR count). The Hall–Kier alpha value is -1.59. The van der Waals surface area contributed by atoms with Gasteiger partial charge in [0.15, 0.2) is 5.78 Å². The monoisotopic (exact) mass is 366 g/mol. The molecule has 25 heavy (non-hydrogen) atoms. The summed E-state index contributed by atoms with van der Waals surface area (Å²) in [6.07, 6.45) is 3.96. The summed E-state index contributed by atoms with van der Waals surface area (Å²) in [6.45, 7) is 3.85. The third-order valence-corrected chi connectivity index (χ3v) is 5.49. The number of Topliss-reactive ketones (excluding diaryl/α,β-unsaturated/α-hetero) is 1. The summed E-state index contributed by atoms with van der Waals surface area (Å²) < 4.78 is 5.09. The van der Waals surface area contributed by atoms with Crippen LogP contribution in [0.2, 0.25) is 0 Å². The average Bonchev–Trinajstić information content (AvgIpc) is 3.08. The number of hydrogen-bond donors (Lipinski definition) is 1. The van der Waals surface area contributed by atoms with Crippen molar-refractivity contribution in [3.05, 3.63) is 29.8 Å². The van der Waals surface area contributed by atoms with Crippen LogP contribution in [0.5, 0.6) is 5.75 Å². The minimum absolute atomic E-state index is 0. The summed E-state index contributed by atoms with van der Waals surface area (Å²) in [6, 6.07) is 7.05. The second-order valence-corrected chi connectivity index (χ2v) is 6.96. The number of hydrogen-bond acceptors (Lipinski definition) is 4. The predicted octanol–water partition coefficient (Wildman–Crippen LogP) is 2.68. The van der Waals surface area contributed by atoms with Gasteiger partial charge in [-0.25, -0.2) is 0 Å². The largest absolute Gasteiger partial charge is 0.497 e. The average molecular weight is 367 g/mol. The Balaban J connectivity index is 0.00000225. The lowest BCUT2D eigenvalue weighted by molar-refractivity contribution is -0.133. The molecule has 2 aliphatic heterocycles. The van der Waals surface area contributed by atoms with E-state index in [0.717, 1.165) is 44.8 Å². The minimum atomic E-state index is 0. The topological polar surface area (TPSA) is 58.6 Å². The zero-order valence-electron chi connectivity index (χ0n) is 14.8. The van der Waals surface area contributed by atoms with Gasteiger partial charge in [-0.05, 0) is 55.5 Å². The summed E-state index contributed by atoms with van der Waals surface area (Å²) in [5.41, 5.74) is 1.05. The molecular weight excluding hydrogens is 340 g/mol. The Kier molecular flexibility index (Phi) is 6.85. The van der Waals surface area contributed by atoms with Gasteiger partial charge < -0.3 is 15.0 Å². The van der Waals surface area contributed by atoms with Crippen molar-refractivity contribution in [1.82, 2.24) is 10.2 Å². The molecule has 5 nitrogen and oxygen atoms in total. The van der Waals surface area contributed by atoms with Crippen LogP contribution in [0.3, 0.4) is 0 Å². The molecule has 1 spiro atoms. The van der Waals surface area contributed by atoms with Crippen molar-refractivity contribution in [3.63, 3.8) is 0 Å². The van der Waals surface area contributed by atoms with E-state index in [9.17, 15) is 9.59 Å². The van der Waals surface area contributed by atoms with E-state index in [4.69, 9.17) is 4.74 Å². The number of benzene rings is 1.